The summed E-state index contributed by atoms with van der Waals surface area (Å²) in [5.41, 5.74) is 0.774. The molecule has 1 amide bonds. The second kappa shape index (κ2) is 5.03. The van der Waals surface area contributed by atoms with Gasteiger partial charge in [-0.05, 0) is 18.2 Å². The largest absolute Gasteiger partial charge is 0.337 e. The summed E-state index contributed by atoms with van der Waals surface area (Å²) in [7, 11) is 0. The lowest BCUT2D eigenvalue weighted by molar-refractivity contribution is 0.0772. The third kappa shape index (κ3) is 2.75. The van der Waals surface area contributed by atoms with Crippen molar-refractivity contribution in [3.63, 3.8) is 0 Å². The Kier molecular flexibility index (Phi) is 3.70. The zero-order chi connectivity index (χ0) is 10.7. The first-order chi connectivity index (χ1) is 7.27. The summed E-state index contributed by atoms with van der Waals surface area (Å²) in [5.74, 6) is 2.26. The summed E-state index contributed by atoms with van der Waals surface area (Å²) < 4.78 is 0.958. The summed E-state index contributed by atoms with van der Waals surface area (Å²) in [4.78, 5) is 14.0. The first-order valence-electron chi connectivity index (χ1n) is 4.90. The van der Waals surface area contributed by atoms with E-state index in [9.17, 15) is 4.79 Å². The Hall–Kier alpha value is -0.480. The van der Waals surface area contributed by atoms with E-state index in [0.717, 1.165) is 34.6 Å². The van der Waals surface area contributed by atoms with Crippen LogP contribution in [0.25, 0.3) is 0 Å². The van der Waals surface area contributed by atoms with E-state index in [-0.39, 0.29) is 5.91 Å². The van der Waals surface area contributed by atoms with Crippen molar-refractivity contribution in [2.45, 2.75) is 0 Å². The molecule has 1 aliphatic heterocycles. The monoisotopic (exact) mass is 285 g/mol. The fourth-order valence-electron chi connectivity index (χ4n) is 1.57. The van der Waals surface area contributed by atoms with Gasteiger partial charge in [-0.3, -0.25) is 4.79 Å². The van der Waals surface area contributed by atoms with E-state index in [2.05, 4.69) is 15.9 Å². The molecular formula is C11H12BrNOS. The van der Waals surface area contributed by atoms with Crippen LogP contribution < -0.4 is 0 Å². The Bertz CT molecular complexity index is 363. The van der Waals surface area contributed by atoms with Gasteiger partial charge >= 0.3 is 0 Å². The molecule has 1 saturated heterocycles. The SMILES string of the molecule is O=C(c1cccc(Br)c1)N1CCSCC1. The fraction of sp³-hybridized carbons (Fsp3) is 0.364. The third-order valence-corrected chi connectivity index (χ3v) is 3.81. The van der Waals surface area contributed by atoms with Crippen molar-refractivity contribution in [1.82, 2.24) is 4.90 Å². The molecule has 1 aromatic rings. The number of nitrogens with zero attached hydrogens (tertiary/aromatic N) is 1. The highest BCUT2D eigenvalue weighted by Crippen LogP contribution is 2.16. The Labute approximate surface area is 102 Å². The first-order valence-corrected chi connectivity index (χ1v) is 6.85. The summed E-state index contributed by atoms with van der Waals surface area (Å²) in [6.45, 7) is 1.74. The van der Waals surface area contributed by atoms with Crippen LogP contribution in [0.15, 0.2) is 28.7 Å². The quantitative estimate of drug-likeness (QED) is 0.791. The van der Waals surface area contributed by atoms with Gasteiger partial charge < -0.3 is 4.90 Å². The van der Waals surface area contributed by atoms with Crippen LogP contribution in [0, 0.1) is 0 Å². The topological polar surface area (TPSA) is 20.3 Å². The molecule has 1 aromatic carbocycles. The van der Waals surface area contributed by atoms with Crippen molar-refractivity contribution < 1.29 is 4.79 Å². The summed E-state index contributed by atoms with van der Waals surface area (Å²) in [6.07, 6.45) is 0. The molecule has 0 bridgehead atoms. The lowest BCUT2D eigenvalue weighted by Gasteiger charge is -2.26. The van der Waals surface area contributed by atoms with Crippen LogP contribution in [0.5, 0.6) is 0 Å². The van der Waals surface area contributed by atoms with Gasteiger partial charge in [0.15, 0.2) is 0 Å². The molecule has 0 spiro atoms. The van der Waals surface area contributed by atoms with Gasteiger partial charge in [0.05, 0.1) is 0 Å². The number of halogens is 1. The molecule has 80 valence electrons. The Balaban J connectivity index is 2.12. The minimum absolute atomic E-state index is 0.150. The number of hydrogen-bond donors (Lipinski definition) is 0. The number of benzene rings is 1. The Morgan fingerprint density at radius 3 is 2.73 bits per heavy atom. The van der Waals surface area contributed by atoms with Gasteiger partial charge in [0, 0.05) is 34.6 Å². The van der Waals surface area contributed by atoms with Crippen molar-refractivity contribution in [3.05, 3.63) is 34.3 Å². The van der Waals surface area contributed by atoms with Gasteiger partial charge in [-0.2, -0.15) is 11.8 Å². The van der Waals surface area contributed by atoms with Gasteiger partial charge in [0.2, 0.25) is 0 Å². The van der Waals surface area contributed by atoms with E-state index in [1.165, 1.54) is 0 Å². The molecule has 0 N–H and O–H groups in total. The fourth-order valence-corrected chi connectivity index (χ4v) is 2.87. The van der Waals surface area contributed by atoms with Crippen molar-refractivity contribution in [3.8, 4) is 0 Å². The minimum atomic E-state index is 0.150. The molecule has 1 aliphatic rings. The number of amides is 1. The molecule has 1 fully saturated rings. The van der Waals surface area contributed by atoms with Gasteiger partial charge in [-0.25, -0.2) is 0 Å². The molecule has 2 rings (SSSR count). The van der Waals surface area contributed by atoms with Crippen molar-refractivity contribution in [2.75, 3.05) is 24.6 Å². The second-order valence-corrected chi connectivity index (χ2v) is 5.56. The molecule has 2 nitrogen and oxygen atoms in total. The molecule has 4 heteroatoms. The number of thioether (sulfide) groups is 1. The van der Waals surface area contributed by atoms with Crippen LogP contribution in [-0.4, -0.2) is 35.4 Å². The van der Waals surface area contributed by atoms with Crippen LogP contribution in [-0.2, 0) is 0 Å². The molecular weight excluding hydrogens is 274 g/mol. The lowest BCUT2D eigenvalue weighted by atomic mass is 10.2. The van der Waals surface area contributed by atoms with Gasteiger partial charge in [0.25, 0.3) is 5.91 Å². The molecule has 0 unspecified atom stereocenters. The van der Waals surface area contributed by atoms with E-state index in [0.29, 0.717) is 0 Å². The molecule has 0 atom stereocenters. The Morgan fingerprint density at radius 2 is 2.07 bits per heavy atom. The Morgan fingerprint density at radius 1 is 1.33 bits per heavy atom. The first kappa shape index (κ1) is 11.0. The number of carbonyl (C=O) groups excluding carboxylic acids is 1. The van der Waals surface area contributed by atoms with Crippen LogP contribution in [0.4, 0.5) is 0 Å². The van der Waals surface area contributed by atoms with Crippen molar-refractivity contribution in [2.24, 2.45) is 0 Å². The van der Waals surface area contributed by atoms with Gasteiger partial charge in [0.1, 0.15) is 0 Å². The maximum absolute atomic E-state index is 12.0. The van der Waals surface area contributed by atoms with Crippen molar-refractivity contribution >= 4 is 33.6 Å². The normalized spacial score (nSPS) is 16.5. The highest BCUT2D eigenvalue weighted by molar-refractivity contribution is 9.10. The molecule has 0 radical (unpaired) electrons. The maximum atomic E-state index is 12.0. The molecule has 0 aliphatic carbocycles. The van der Waals surface area contributed by atoms with E-state index >= 15 is 0 Å². The van der Waals surface area contributed by atoms with Crippen LogP contribution >= 0.6 is 27.7 Å². The number of rotatable bonds is 1. The molecule has 0 aromatic heterocycles. The minimum Gasteiger partial charge on any atom is -0.337 e. The third-order valence-electron chi connectivity index (χ3n) is 2.37. The molecule has 0 saturated carbocycles. The smallest absolute Gasteiger partial charge is 0.253 e. The van der Waals surface area contributed by atoms with Crippen molar-refractivity contribution in [1.29, 1.82) is 0 Å². The average molecular weight is 286 g/mol. The standard InChI is InChI=1S/C11H12BrNOS/c12-10-3-1-2-9(8-10)11(14)13-4-6-15-7-5-13/h1-3,8H,4-7H2. The zero-order valence-electron chi connectivity index (χ0n) is 8.28. The lowest BCUT2D eigenvalue weighted by Crippen LogP contribution is -2.37. The van der Waals surface area contributed by atoms with E-state index < -0.39 is 0 Å². The van der Waals surface area contributed by atoms with Gasteiger partial charge in [-0.1, -0.05) is 22.0 Å². The van der Waals surface area contributed by atoms with Crippen LogP contribution in [0.2, 0.25) is 0 Å². The summed E-state index contributed by atoms with van der Waals surface area (Å²) in [6, 6.07) is 7.58. The summed E-state index contributed by atoms with van der Waals surface area (Å²) >= 11 is 5.29. The zero-order valence-corrected chi connectivity index (χ0v) is 10.7. The van der Waals surface area contributed by atoms with E-state index in [1.807, 2.05) is 40.9 Å². The average Bonchev–Trinajstić information content (AvgIpc) is 2.29. The van der Waals surface area contributed by atoms with Gasteiger partial charge in [-0.15, -0.1) is 0 Å². The van der Waals surface area contributed by atoms with Crippen LogP contribution in [0.3, 0.4) is 0 Å². The highest BCUT2D eigenvalue weighted by Gasteiger charge is 2.17. The van der Waals surface area contributed by atoms with E-state index in [1.54, 1.807) is 0 Å². The van der Waals surface area contributed by atoms with Crippen LogP contribution in [0.1, 0.15) is 10.4 Å². The predicted molar refractivity (Wildman–Crippen MR) is 67.4 cm³/mol. The molecule has 15 heavy (non-hydrogen) atoms. The number of hydrogen-bond acceptors (Lipinski definition) is 2. The molecule has 1 heterocycles. The second-order valence-electron chi connectivity index (χ2n) is 3.41. The number of carbonyl (C=O) groups is 1. The maximum Gasteiger partial charge on any atom is 0.253 e. The highest BCUT2D eigenvalue weighted by atomic mass is 79.9. The predicted octanol–water partition coefficient (Wildman–Crippen LogP) is 2.64. The summed E-state index contributed by atoms with van der Waals surface area (Å²) in [5, 5.41) is 0. The van der Waals surface area contributed by atoms with E-state index in [4.69, 9.17) is 0 Å².